The predicted octanol–water partition coefficient (Wildman–Crippen LogP) is 4.06. The maximum absolute atomic E-state index is 14.6. The molecular weight excluding hydrogens is 341 g/mol. The van der Waals surface area contributed by atoms with Gasteiger partial charge in [-0.15, -0.1) is 0 Å². The second-order valence-electron chi connectivity index (χ2n) is 6.44. The average molecular weight is 358 g/mol. The van der Waals surface area contributed by atoms with E-state index in [9.17, 15) is 9.18 Å². The molecule has 4 rings (SSSR count). The second-order valence-corrected chi connectivity index (χ2v) is 6.85. The van der Waals surface area contributed by atoms with E-state index in [2.05, 4.69) is 4.98 Å². The molecule has 0 unspecified atom stereocenters. The van der Waals surface area contributed by atoms with Crippen LogP contribution < -0.4 is 0 Å². The van der Waals surface area contributed by atoms with Crippen molar-refractivity contribution in [2.75, 3.05) is 13.1 Å². The van der Waals surface area contributed by atoms with E-state index in [-0.39, 0.29) is 17.5 Å². The van der Waals surface area contributed by atoms with Gasteiger partial charge in [0.05, 0.1) is 0 Å². The molecule has 0 N–H and O–H groups in total. The summed E-state index contributed by atoms with van der Waals surface area (Å²) in [5.74, 6) is -0.811. The summed E-state index contributed by atoms with van der Waals surface area (Å²) < 4.78 is 15.9. The number of fused-ring (bicyclic) bond motifs is 1. The van der Waals surface area contributed by atoms with Crippen LogP contribution in [0.5, 0.6) is 0 Å². The maximum atomic E-state index is 14.6. The molecule has 0 bridgehead atoms. The Kier molecular flexibility index (Phi) is 3.96. The Balaban J connectivity index is 1.60. The zero-order valence-corrected chi connectivity index (χ0v) is 14.5. The van der Waals surface area contributed by atoms with Crippen molar-refractivity contribution < 1.29 is 9.18 Å². The van der Waals surface area contributed by atoms with Gasteiger partial charge in [-0.3, -0.25) is 9.20 Å². The fourth-order valence-electron chi connectivity index (χ4n) is 3.41. The molecule has 1 aromatic carbocycles. The van der Waals surface area contributed by atoms with Gasteiger partial charge < -0.3 is 4.90 Å². The van der Waals surface area contributed by atoms with Crippen molar-refractivity contribution in [2.45, 2.75) is 19.3 Å². The third kappa shape index (κ3) is 2.78. The molecule has 4 nitrogen and oxygen atoms in total. The topological polar surface area (TPSA) is 37.6 Å². The van der Waals surface area contributed by atoms with E-state index in [1.165, 1.54) is 4.40 Å². The molecule has 1 fully saturated rings. The number of benzene rings is 1. The van der Waals surface area contributed by atoms with Gasteiger partial charge >= 0.3 is 0 Å². The van der Waals surface area contributed by atoms with E-state index < -0.39 is 5.95 Å². The lowest BCUT2D eigenvalue weighted by atomic mass is 9.98. The summed E-state index contributed by atoms with van der Waals surface area (Å²) in [6.07, 6.45) is 2.41. The minimum absolute atomic E-state index is 0.120. The van der Waals surface area contributed by atoms with Gasteiger partial charge in [0.1, 0.15) is 5.65 Å². The van der Waals surface area contributed by atoms with Crippen LogP contribution in [0.4, 0.5) is 4.39 Å². The van der Waals surface area contributed by atoms with Gasteiger partial charge in [-0.25, -0.2) is 4.98 Å². The lowest BCUT2D eigenvalue weighted by molar-refractivity contribution is 0.0780. The molecule has 1 aliphatic rings. The highest BCUT2D eigenvalue weighted by Crippen LogP contribution is 2.32. The molecular formula is C19H17ClFN3O. The number of imidazole rings is 1. The van der Waals surface area contributed by atoms with Crippen LogP contribution in [0.25, 0.3) is 5.65 Å². The summed E-state index contributed by atoms with van der Waals surface area (Å²) in [4.78, 5) is 18.6. The Morgan fingerprint density at radius 3 is 2.92 bits per heavy atom. The van der Waals surface area contributed by atoms with Gasteiger partial charge in [0, 0.05) is 30.2 Å². The van der Waals surface area contributed by atoms with Crippen molar-refractivity contribution in [1.29, 1.82) is 0 Å². The van der Waals surface area contributed by atoms with Gasteiger partial charge in [0.2, 0.25) is 5.95 Å². The highest BCUT2D eigenvalue weighted by Gasteiger charge is 2.32. The predicted molar refractivity (Wildman–Crippen MR) is 94.6 cm³/mol. The molecule has 1 atom stereocenters. The van der Waals surface area contributed by atoms with Gasteiger partial charge in [0.15, 0.2) is 5.69 Å². The van der Waals surface area contributed by atoms with E-state index in [4.69, 9.17) is 11.6 Å². The number of aromatic nitrogens is 2. The first-order valence-corrected chi connectivity index (χ1v) is 8.60. The fourth-order valence-corrected chi connectivity index (χ4v) is 3.70. The Bertz CT molecular complexity index is 968. The SMILES string of the molecule is Cc1ccn2c(F)c(C(=O)N3CC[C@H](c4ccccc4Cl)C3)nc2c1. The number of halogens is 2. The summed E-state index contributed by atoms with van der Waals surface area (Å²) in [6, 6.07) is 11.2. The van der Waals surface area contributed by atoms with Crippen LogP contribution in [-0.4, -0.2) is 33.3 Å². The van der Waals surface area contributed by atoms with Crippen molar-refractivity contribution in [3.8, 4) is 0 Å². The number of amides is 1. The first-order chi connectivity index (χ1) is 12.0. The molecule has 1 aliphatic heterocycles. The van der Waals surface area contributed by atoms with Crippen LogP contribution in [0.1, 0.15) is 34.0 Å². The zero-order valence-electron chi connectivity index (χ0n) is 13.7. The largest absolute Gasteiger partial charge is 0.337 e. The highest BCUT2D eigenvalue weighted by atomic mass is 35.5. The molecule has 6 heteroatoms. The van der Waals surface area contributed by atoms with Gasteiger partial charge in [-0.05, 0) is 42.7 Å². The van der Waals surface area contributed by atoms with Crippen molar-refractivity contribution in [1.82, 2.24) is 14.3 Å². The standard InChI is InChI=1S/C19H17ClFN3O/c1-12-6-9-24-16(10-12)22-17(18(24)21)19(25)23-8-7-13(11-23)14-4-2-3-5-15(14)20/h2-6,9-10,13H,7-8,11H2,1H3/t13-/m0/s1. The number of likely N-dealkylation sites (tertiary alicyclic amines) is 1. The first kappa shape index (κ1) is 16.1. The Labute approximate surface area is 149 Å². The summed E-state index contributed by atoms with van der Waals surface area (Å²) in [5.41, 5.74) is 2.33. The minimum atomic E-state index is -0.610. The summed E-state index contributed by atoms with van der Waals surface area (Å²) in [6.45, 7) is 3.00. The van der Waals surface area contributed by atoms with Crippen molar-refractivity contribution in [3.05, 3.63) is 70.4 Å². The Hall–Kier alpha value is -2.40. The van der Waals surface area contributed by atoms with Crippen LogP contribution in [0, 0.1) is 12.9 Å². The molecule has 25 heavy (non-hydrogen) atoms. The molecule has 0 saturated carbocycles. The van der Waals surface area contributed by atoms with E-state index in [0.29, 0.717) is 23.8 Å². The fraction of sp³-hybridized carbons (Fsp3) is 0.263. The number of hydrogen-bond donors (Lipinski definition) is 0. The number of pyridine rings is 1. The molecule has 2 aromatic heterocycles. The van der Waals surface area contributed by atoms with Crippen molar-refractivity contribution in [2.24, 2.45) is 0 Å². The van der Waals surface area contributed by atoms with Crippen molar-refractivity contribution >= 4 is 23.2 Å². The summed E-state index contributed by atoms with van der Waals surface area (Å²) in [7, 11) is 0. The molecule has 0 spiro atoms. The molecule has 1 amide bonds. The number of carbonyl (C=O) groups is 1. The second kappa shape index (κ2) is 6.15. The maximum Gasteiger partial charge on any atom is 0.277 e. The molecule has 0 aliphatic carbocycles. The summed E-state index contributed by atoms with van der Waals surface area (Å²) >= 11 is 6.26. The zero-order chi connectivity index (χ0) is 17.6. The quantitative estimate of drug-likeness (QED) is 0.693. The van der Waals surface area contributed by atoms with Crippen LogP contribution in [0.3, 0.4) is 0 Å². The lowest BCUT2D eigenvalue weighted by Gasteiger charge is -2.16. The van der Waals surface area contributed by atoms with E-state index in [0.717, 1.165) is 17.5 Å². The number of nitrogens with zero attached hydrogens (tertiary/aromatic N) is 3. The third-order valence-electron chi connectivity index (χ3n) is 4.75. The highest BCUT2D eigenvalue weighted by molar-refractivity contribution is 6.31. The molecule has 128 valence electrons. The minimum Gasteiger partial charge on any atom is -0.337 e. The van der Waals surface area contributed by atoms with Gasteiger partial charge in [-0.1, -0.05) is 29.8 Å². The smallest absolute Gasteiger partial charge is 0.277 e. The van der Waals surface area contributed by atoms with Gasteiger partial charge in [0.25, 0.3) is 5.91 Å². The van der Waals surface area contributed by atoms with Crippen LogP contribution in [-0.2, 0) is 0 Å². The monoisotopic (exact) mass is 357 g/mol. The van der Waals surface area contributed by atoms with Crippen molar-refractivity contribution in [3.63, 3.8) is 0 Å². The normalized spacial score (nSPS) is 17.4. The van der Waals surface area contributed by atoms with Crippen LogP contribution in [0.15, 0.2) is 42.6 Å². The summed E-state index contributed by atoms with van der Waals surface area (Å²) in [5, 5.41) is 0.705. The lowest BCUT2D eigenvalue weighted by Crippen LogP contribution is -2.29. The van der Waals surface area contributed by atoms with E-state index >= 15 is 0 Å². The Morgan fingerprint density at radius 1 is 1.32 bits per heavy atom. The Morgan fingerprint density at radius 2 is 2.12 bits per heavy atom. The van der Waals surface area contributed by atoms with E-state index in [1.807, 2.05) is 31.2 Å². The number of hydrogen-bond acceptors (Lipinski definition) is 2. The molecule has 3 aromatic rings. The number of carbonyl (C=O) groups excluding carboxylic acids is 1. The van der Waals surface area contributed by atoms with Crippen LogP contribution in [0.2, 0.25) is 5.02 Å². The average Bonchev–Trinajstić information content (AvgIpc) is 3.20. The number of aryl methyl sites for hydroxylation is 1. The van der Waals surface area contributed by atoms with Crippen LogP contribution >= 0.6 is 11.6 Å². The third-order valence-corrected chi connectivity index (χ3v) is 5.09. The van der Waals surface area contributed by atoms with E-state index in [1.54, 1.807) is 23.2 Å². The number of rotatable bonds is 2. The molecule has 0 radical (unpaired) electrons. The first-order valence-electron chi connectivity index (χ1n) is 8.22. The molecule has 1 saturated heterocycles. The van der Waals surface area contributed by atoms with Gasteiger partial charge in [-0.2, -0.15) is 4.39 Å². The molecule has 3 heterocycles.